The molecular weight excluding hydrogens is 292 g/mol. The Morgan fingerprint density at radius 2 is 1.76 bits per heavy atom. The molecule has 1 aromatic rings. The molecule has 0 amide bonds. The average molecular weight is 310 g/mol. The van der Waals surface area contributed by atoms with Gasteiger partial charge in [-0.1, -0.05) is 12.1 Å². The fourth-order valence-electron chi connectivity index (χ4n) is 1.58. The molecule has 0 bridgehead atoms. The molecule has 0 unspecified atom stereocenters. The number of nitrogens with zero attached hydrogens (tertiary/aromatic N) is 1. The van der Waals surface area contributed by atoms with Crippen molar-refractivity contribution < 1.29 is 18.3 Å². The summed E-state index contributed by atoms with van der Waals surface area (Å²) in [5, 5.41) is 18.2. The molecule has 0 radical (unpaired) electrons. The van der Waals surface area contributed by atoms with Crippen molar-refractivity contribution in [3.63, 3.8) is 0 Å². The SMILES string of the molecule is CC(C)(NS(=O)(=O)c1ccccc1C#N)C(C)(C)C(=O)O. The van der Waals surface area contributed by atoms with Gasteiger partial charge in [0, 0.05) is 5.54 Å². The van der Waals surface area contributed by atoms with E-state index in [9.17, 15) is 18.3 Å². The van der Waals surface area contributed by atoms with E-state index in [1.807, 2.05) is 6.07 Å². The van der Waals surface area contributed by atoms with Crippen LogP contribution in [0.15, 0.2) is 29.2 Å². The van der Waals surface area contributed by atoms with E-state index in [1.165, 1.54) is 45.9 Å². The van der Waals surface area contributed by atoms with E-state index < -0.39 is 26.9 Å². The van der Waals surface area contributed by atoms with Gasteiger partial charge in [-0.05, 0) is 39.8 Å². The van der Waals surface area contributed by atoms with Crippen LogP contribution in [0.25, 0.3) is 0 Å². The molecule has 0 saturated heterocycles. The summed E-state index contributed by atoms with van der Waals surface area (Å²) in [6.07, 6.45) is 0. The summed E-state index contributed by atoms with van der Waals surface area (Å²) in [4.78, 5) is 11.2. The van der Waals surface area contributed by atoms with Gasteiger partial charge in [0.2, 0.25) is 10.0 Å². The second kappa shape index (κ2) is 5.47. The third-order valence-corrected chi connectivity index (χ3v) is 5.50. The van der Waals surface area contributed by atoms with E-state index in [2.05, 4.69) is 4.72 Å². The number of nitriles is 1. The van der Waals surface area contributed by atoms with Crippen LogP contribution < -0.4 is 4.72 Å². The van der Waals surface area contributed by atoms with Crippen molar-refractivity contribution >= 4 is 16.0 Å². The summed E-state index contributed by atoms with van der Waals surface area (Å²) in [7, 11) is -4.01. The van der Waals surface area contributed by atoms with Crippen LogP contribution in [0.2, 0.25) is 0 Å². The number of aliphatic carboxylic acids is 1. The molecule has 1 aromatic carbocycles. The minimum absolute atomic E-state index is 0.00827. The molecule has 2 N–H and O–H groups in total. The number of nitrogens with one attached hydrogen (secondary N) is 1. The molecule has 0 saturated carbocycles. The van der Waals surface area contributed by atoms with Gasteiger partial charge in [0.15, 0.2) is 0 Å². The zero-order chi connectivity index (χ0) is 16.5. The molecule has 0 fully saturated rings. The molecule has 0 spiro atoms. The van der Waals surface area contributed by atoms with Crippen molar-refractivity contribution in [2.75, 3.05) is 0 Å². The first-order chi connectivity index (χ1) is 9.45. The standard InChI is InChI=1S/C14H18N2O4S/c1-13(2,12(17)18)14(3,4)16-21(19,20)11-8-6-5-7-10(11)9-15/h5-8,16H,1-4H3,(H,17,18). The Hall–Kier alpha value is -1.91. The first kappa shape index (κ1) is 17.1. The lowest BCUT2D eigenvalue weighted by Crippen LogP contribution is -2.56. The Morgan fingerprint density at radius 3 is 2.24 bits per heavy atom. The molecular formula is C14H18N2O4S. The third-order valence-electron chi connectivity index (χ3n) is 3.78. The van der Waals surface area contributed by atoms with Gasteiger partial charge < -0.3 is 5.11 Å². The van der Waals surface area contributed by atoms with Crippen LogP contribution in [0.4, 0.5) is 0 Å². The maximum Gasteiger partial charge on any atom is 0.310 e. The van der Waals surface area contributed by atoms with Crippen LogP contribution in [0, 0.1) is 16.7 Å². The predicted molar refractivity (Wildman–Crippen MR) is 77.0 cm³/mol. The fraction of sp³-hybridized carbons (Fsp3) is 0.429. The number of carboxylic acids is 1. The van der Waals surface area contributed by atoms with Crippen molar-refractivity contribution in [1.29, 1.82) is 5.26 Å². The molecule has 0 aromatic heterocycles. The zero-order valence-corrected chi connectivity index (χ0v) is 13.2. The van der Waals surface area contributed by atoms with E-state index in [1.54, 1.807) is 6.07 Å². The minimum atomic E-state index is -4.01. The molecule has 7 heteroatoms. The van der Waals surface area contributed by atoms with Gasteiger partial charge >= 0.3 is 5.97 Å². The van der Waals surface area contributed by atoms with Crippen LogP contribution in [0.3, 0.4) is 0 Å². The topological polar surface area (TPSA) is 107 Å². The van der Waals surface area contributed by atoms with Crippen molar-refractivity contribution in [3.8, 4) is 6.07 Å². The Balaban J connectivity index is 3.29. The summed E-state index contributed by atoms with van der Waals surface area (Å²) < 4.78 is 27.3. The Bertz CT molecular complexity index is 700. The van der Waals surface area contributed by atoms with Crippen LogP contribution in [-0.4, -0.2) is 25.0 Å². The Labute approximate surface area is 124 Å². The second-order valence-electron chi connectivity index (χ2n) is 5.77. The summed E-state index contributed by atoms with van der Waals surface area (Å²) in [5.41, 5.74) is -2.57. The van der Waals surface area contributed by atoms with E-state index >= 15 is 0 Å². The summed E-state index contributed by atoms with van der Waals surface area (Å²) >= 11 is 0. The van der Waals surface area contributed by atoms with Crippen LogP contribution in [0.5, 0.6) is 0 Å². The maximum absolute atomic E-state index is 12.4. The number of hydrogen-bond acceptors (Lipinski definition) is 4. The van der Waals surface area contributed by atoms with Gasteiger partial charge in [-0.25, -0.2) is 13.1 Å². The lowest BCUT2D eigenvalue weighted by molar-refractivity contribution is -0.150. The molecule has 114 valence electrons. The van der Waals surface area contributed by atoms with Gasteiger partial charge in [0.1, 0.15) is 6.07 Å². The van der Waals surface area contributed by atoms with Crippen LogP contribution in [-0.2, 0) is 14.8 Å². The number of rotatable bonds is 5. The number of carbonyl (C=O) groups is 1. The summed E-state index contributed by atoms with van der Waals surface area (Å²) in [6, 6.07) is 7.58. The van der Waals surface area contributed by atoms with E-state index in [4.69, 9.17) is 5.26 Å². The fourth-order valence-corrected chi connectivity index (χ4v) is 3.28. The monoisotopic (exact) mass is 310 g/mol. The van der Waals surface area contributed by atoms with E-state index in [0.29, 0.717) is 0 Å². The van der Waals surface area contributed by atoms with Crippen molar-refractivity contribution in [1.82, 2.24) is 4.72 Å². The lowest BCUT2D eigenvalue weighted by atomic mass is 9.75. The minimum Gasteiger partial charge on any atom is -0.481 e. The van der Waals surface area contributed by atoms with Gasteiger partial charge in [-0.2, -0.15) is 5.26 Å². The number of sulfonamides is 1. The Morgan fingerprint density at radius 1 is 1.24 bits per heavy atom. The van der Waals surface area contributed by atoms with Gasteiger partial charge in [0.25, 0.3) is 0 Å². The molecule has 6 nitrogen and oxygen atoms in total. The van der Waals surface area contributed by atoms with E-state index in [0.717, 1.165) is 0 Å². The number of benzene rings is 1. The van der Waals surface area contributed by atoms with Crippen LogP contribution in [0.1, 0.15) is 33.3 Å². The summed E-state index contributed by atoms with van der Waals surface area (Å²) in [5.74, 6) is -1.12. The maximum atomic E-state index is 12.4. The molecule has 0 aliphatic rings. The lowest BCUT2D eigenvalue weighted by Gasteiger charge is -2.38. The molecule has 1 rings (SSSR count). The second-order valence-corrected chi connectivity index (χ2v) is 7.42. The molecule has 0 aliphatic heterocycles. The van der Waals surface area contributed by atoms with Crippen molar-refractivity contribution in [2.24, 2.45) is 5.41 Å². The molecule has 0 aliphatic carbocycles. The summed E-state index contributed by atoms with van der Waals surface area (Å²) in [6.45, 7) is 5.86. The smallest absolute Gasteiger partial charge is 0.310 e. The molecule has 21 heavy (non-hydrogen) atoms. The van der Waals surface area contributed by atoms with E-state index in [-0.39, 0.29) is 10.5 Å². The van der Waals surface area contributed by atoms with Gasteiger partial charge in [-0.15, -0.1) is 0 Å². The highest BCUT2D eigenvalue weighted by Crippen LogP contribution is 2.32. The number of carboxylic acid groups (broad SMARTS) is 1. The van der Waals surface area contributed by atoms with Crippen molar-refractivity contribution in [2.45, 2.75) is 38.1 Å². The van der Waals surface area contributed by atoms with Gasteiger partial charge in [0.05, 0.1) is 15.9 Å². The number of hydrogen-bond donors (Lipinski definition) is 2. The first-order valence-electron chi connectivity index (χ1n) is 6.22. The highest BCUT2D eigenvalue weighted by atomic mass is 32.2. The van der Waals surface area contributed by atoms with Crippen LogP contribution >= 0.6 is 0 Å². The van der Waals surface area contributed by atoms with Crippen molar-refractivity contribution in [3.05, 3.63) is 29.8 Å². The highest BCUT2D eigenvalue weighted by molar-refractivity contribution is 7.89. The quantitative estimate of drug-likeness (QED) is 0.861. The zero-order valence-electron chi connectivity index (χ0n) is 12.3. The average Bonchev–Trinajstić information content (AvgIpc) is 2.37. The van der Waals surface area contributed by atoms with Gasteiger partial charge in [-0.3, -0.25) is 4.79 Å². The molecule has 0 heterocycles. The normalized spacial score (nSPS) is 12.7. The Kier molecular flexibility index (Phi) is 4.46. The largest absolute Gasteiger partial charge is 0.481 e. The highest BCUT2D eigenvalue weighted by Gasteiger charge is 2.46. The predicted octanol–water partition coefficient (Wildman–Crippen LogP) is 1.73. The first-order valence-corrected chi connectivity index (χ1v) is 7.70. The third kappa shape index (κ3) is 3.23. The molecule has 0 atom stereocenters.